The molecule has 0 heterocycles. The number of benzene rings is 1. The molecule has 0 saturated carbocycles. The molecule has 1 aromatic rings. The highest BCUT2D eigenvalue weighted by atomic mass is 16.2. The molecule has 106 valence electrons. The van der Waals surface area contributed by atoms with Crippen LogP contribution in [0.2, 0.25) is 0 Å². The molecule has 0 aliphatic rings. The van der Waals surface area contributed by atoms with Crippen LogP contribution in [0, 0.1) is 5.41 Å². The summed E-state index contributed by atoms with van der Waals surface area (Å²) in [4.78, 5) is 26.4. The van der Waals surface area contributed by atoms with Crippen LogP contribution in [0.3, 0.4) is 0 Å². The summed E-state index contributed by atoms with van der Waals surface area (Å²) in [5.74, 6) is -0.907. The Labute approximate surface area is 117 Å². The maximum atomic E-state index is 11.8. The van der Waals surface area contributed by atoms with E-state index in [0.29, 0.717) is 5.56 Å². The second kappa shape index (κ2) is 6.73. The van der Waals surface area contributed by atoms with E-state index in [2.05, 4.69) is 15.3 Å². The van der Waals surface area contributed by atoms with Crippen molar-refractivity contribution in [1.29, 1.82) is 0 Å². The van der Waals surface area contributed by atoms with Gasteiger partial charge in [0.1, 0.15) is 0 Å². The van der Waals surface area contributed by atoms with Gasteiger partial charge in [-0.15, -0.1) is 0 Å². The summed E-state index contributed by atoms with van der Waals surface area (Å²) in [6.45, 7) is 5.62. The van der Waals surface area contributed by atoms with Crippen molar-refractivity contribution < 1.29 is 9.59 Å². The van der Waals surface area contributed by atoms with Crippen LogP contribution >= 0.6 is 0 Å². The Bertz CT molecular complexity index is 528. The maximum absolute atomic E-state index is 11.8. The number of rotatable bonds is 4. The zero-order valence-electron chi connectivity index (χ0n) is 11.8. The molecule has 0 fully saturated rings. The van der Waals surface area contributed by atoms with Crippen molar-refractivity contribution in [2.24, 2.45) is 10.5 Å². The minimum absolute atomic E-state index is 0.0217. The molecule has 0 bridgehead atoms. The maximum Gasteiger partial charge on any atom is 0.257 e. The number of nitrogens with one attached hydrogen (secondary N) is 1. The van der Waals surface area contributed by atoms with Gasteiger partial charge in [-0.3, -0.25) is 14.9 Å². The highest BCUT2D eigenvalue weighted by Gasteiger charge is 2.26. The molecular formula is C14H18N4O2. The Morgan fingerprint density at radius 1 is 1.30 bits per heavy atom. The Balaban J connectivity index is 2.67. The van der Waals surface area contributed by atoms with E-state index in [1.807, 2.05) is 20.8 Å². The molecule has 1 aromatic carbocycles. The molecule has 0 aromatic heterocycles. The minimum atomic E-state index is -0.504. The quantitative estimate of drug-likeness (QED) is 0.519. The molecule has 1 N–H and O–H groups in total. The fraction of sp³-hybridized carbons (Fsp3) is 0.429. The fourth-order valence-corrected chi connectivity index (χ4v) is 1.60. The van der Waals surface area contributed by atoms with Crippen LogP contribution in [0.15, 0.2) is 35.4 Å². The Hall–Kier alpha value is -2.33. The van der Waals surface area contributed by atoms with Gasteiger partial charge in [0, 0.05) is 16.9 Å². The van der Waals surface area contributed by atoms with Crippen LogP contribution < -0.4 is 5.32 Å². The van der Waals surface area contributed by atoms with Gasteiger partial charge in [0.05, 0.1) is 6.04 Å². The summed E-state index contributed by atoms with van der Waals surface area (Å²) in [6.07, 6.45) is -0.0217. The van der Waals surface area contributed by atoms with Crippen molar-refractivity contribution in [2.45, 2.75) is 33.2 Å². The van der Waals surface area contributed by atoms with Gasteiger partial charge in [-0.25, -0.2) is 0 Å². The molecule has 0 spiro atoms. The van der Waals surface area contributed by atoms with Crippen molar-refractivity contribution in [2.75, 3.05) is 0 Å². The van der Waals surface area contributed by atoms with E-state index < -0.39 is 17.9 Å². The SMILES string of the molecule is CC(C)(C)[C@H](CC(=O)NC(=O)c1ccccc1)N=[N+]=[N-]. The first-order chi connectivity index (χ1) is 9.34. The Kier molecular flexibility index (Phi) is 5.29. The van der Waals surface area contributed by atoms with E-state index in [1.54, 1.807) is 30.3 Å². The fourth-order valence-electron chi connectivity index (χ4n) is 1.60. The molecule has 0 saturated heterocycles. The molecule has 0 aliphatic carbocycles. The summed E-state index contributed by atoms with van der Waals surface area (Å²) in [7, 11) is 0. The average Bonchev–Trinajstić information content (AvgIpc) is 2.38. The zero-order valence-corrected chi connectivity index (χ0v) is 11.8. The second-order valence-corrected chi connectivity index (χ2v) is 5.53. The predicted octanol–water partition coefficient (Wildman–Crippen LogP) is 3.06. The normalized spacial score (nSPS) is 12.2. The lowest BCUT2D eigenvalue weighted by Gasteiger charge is -2.25. The van der Waals surface area contributed by atoms with Gasteiger partial charge in [0.25, 0.3) is 5.91 Å². The first-order valence-corrected chi connectivity index (χ1v) is 6.28. The summed E-state index contributed by atoms with van der Waals surface area (Å²) in [5.41, 5.74) is 8.60. The standard InChI is InChI=1S/C14H18N4O2/c1-14(2,3)11(17-18-15)9-12(19)16-13(20)10-7-5-4-6-8-10/h4-8,11H,9H2,1-3H3,(H,16,19,20)/t11-/m0/s1. The van der Waals surface area contributed by atoms with E-state index in [4.69, 9.17) is 5.53 Å². The van der Waals surface area contributed by atoms with Gasteiger partial charge in [-0.05, 0) is 23.1 Å². The second-order valence-electron chi connectivity index (χ2n) is 5.53. The van der Waals surface area contributed by atoms with E-state index in [-0.39, 0.29) is 11.8 Å². The zero-order chi connectivity index (χ0) is 15.2. The number of hydrogen-bond acceptors (Lipinski definition) is 3. The summed E-state index contributed by atoms with van der Waals surface area (Å²) < 4.78 is 0. The van der Waals surface area contributed by atoms with Gasteiger partial charge in [0.15, 0.2) is 0 Å². The monoisotopic (exact) mass is 274 g/mol. The number of carbonyl (C=O) groups excluding carboxylic acids is 2. The van der Waals surface area contributed by atoms with Gasteiger partial charge < -0.3 is 0 Å². The first-order valence-electron chi connectivity index (χ1n) is 6.28. The molecule has 6 heteroatoms. The van der Waals surface area contributed by atoms with Crippen LogP contribution in [0.1, 0.15) is 37.6 Å². The van der Waals surface area contributed by atoms with E-state index in [0.717, 1.165) is 0 Å². The number of amides is 2. The number of hydrogen-bond donors (Lipinski definition) is 1. The Morgan fingerprint density at radius 2 is 1.90 bits per heavy atom. The predicted molar refractivity (Wildman–Crippen MR) is 75.9 cm³/mol. The third-order valence-electron chi connectivity index (χ3n) is 2.86. The number of imide groups is 1. The third-order valence-corrected chi connectivity index (χ3v) is 2.86. The topological polar surface area (TPSA) is 94.9 Å². The molecule has 6 nitrogen and oxygen atoms in total. The lowest BCUT2D eigenvalue weighted by molar-refractivity contribution is -0.121. The van der Waals surface area contributed by atoms with Crippen molar-refractivity contribution >= 4 is 11.8 Å². The molecule has 1 rings (SSSR count). The molecule has 0 radical (unpaired) electrons. The highest BCUT2D eigenvalue weighted by molar-refractivity contribution is 6.04. The van der Waals surface area contributed by atoms with E-state index in [1.165, 1.54) is 0 Å². The lowest BCUT2D eigenvalue weighted by Crippen LogP contribution is -2.36. The van der Waals surface area contributed by atoms with Crippen molar-refractivity contribution in [1.82, 2.24) is 5.32 Å². The largest absolute Gasteiger partial charge is 0.292 e. The number of carbonyl (C=O) groups is 2. The molecule has 1 atom stereocenters. The van der Waals surface area contributed by atoms with Crippen molar-refractivity contribution in [3.8, 4) is 0 Å². The summed E-state index contributed by atoms with van der Waals surface area (Å²) in [5, 5.41) is 5.92. The third kappa shape index (κ3) is 4.74. The first kappa shape index (κ1) is 15.7. The molecule has 0 aliphatic heterocycles. The minimum Gasteiger partial charge on any atom is -0.292 e. The van der Waals surface area contributed by atoms with Gasteiger partial charge in [0.2, 0.25) is 5.91 Å². The number of nitrogens with zero attached hydrogens (tertiary/aromatic N) is 3. The Morgan fingerprint density at radius 3 is 2.40 bits per heavy atom. The van der Waals surface area contributed by atoms with E-state index >= 15 is 0 Å². The van der Waals surface area contributed by atoms with Crippen molar-refractivity contribution in [3.05, 3.63) is 46.3 Å². The molecule has 2 amide bonds. The van der Waals surface area contributed by atoms with Crippen LogP contribution in [-0.4, -0.2) is 17.9 Å². The molecule has 20 heavy (non-hydrogen) atoms. The average molecular weight is 274 g/mol. The summed E-state index contributed by atoms with van der Waals surface area (Å²) >= 11 is 0. The van der Waals surface area contributed by atoms with Crippen molar-refractivity contribution in [3.63, 3.8) is 0 Å². The smallest absolute Gasteiger partial charge is 0.257 e. The van der Waals surface area contributed by atoms with E-state index in [9.17, 15) is 9.59 Å². The van der Waals surface area contributed by atoms with Gasteiger partial charge in [-0.1, -0.05) is 44.1 Å². The molecule has 0 unspecified atom stereocenters. The molecular weight excluding hydrogens is 256 g/mol. The van der Waals surface area contributed by atoms with Crippen LogP contribution in [0.4, 0.5) is 0 Å². The highest BCUT2D eigenvalue weighted by Crippen LogP contribution is 2.25. The van der Waals surface area contributed by atoms with Gasteiger partial charge in [-0.2, -0.15) is 0 Å². The van der Waals surface area contributed by atoms with Crippen LogP contribution in [0.25, 0.3) is 10.4 Å². The van der Waals surface area contributed by atoms with Crippen LogP contribution in [0.5, 0.6) is 0 Å². The number of azide groups is 1. The van der Waals surface area contributed by atoms with Crippen LogP contribution in [-0.2, 0) is 4.79 Å². The lowest BCUT2D eigenvalue weighted by atomic mass is 9.85. The van der Waals surface area contributed by atoms with Gasteiger partial charge >= 0.3 is 0 Å². The summed E-state index contributed by atoms with van der Waals surface area (Å²) in [6, 6.07) is 7.97.